The Morgan fingerprint density at radius 2 is 2.05 bits per heavy atom. The molecule has 1 aromatic rings. The fourth-order valence-electron chi connectivity index (χ4n) is 2.86. The number of hydrogen-bond donors (Lipinski definition) is 0. The molecule has 1 aromatic carbocycles. The molecule has 2 aliphatic rings. The van der Waals surface area contributed by atoms with Crippen LogP contribution in [0.1, 0.15) is 26.3 Å². The monoisotopic (exact) mass is 274 g/mol. The van der Waals surface area contributed by atoms with Gasteiger partial charge in [-0.1, -0.05) is 26.8 Å². The third-order valence-electron chi connectivity index (χ3n) is 4.22. The van der Waals surface area contributed by atoms with Crippen LogP contribution in [0, 0.1) is 0 Å². The summed E-state index contributed by atoms with van der Waals surface area (Å²) in [5, 5.41) is 0. The van der Waals surface area contributed by atoms with Crippen LogP contribution in [0.5, 0.6) is 5.75 Å². The van der Waals surface area contributed by atoms with E-state index in [4.69, 9.17) is 4.74 Å². The second kappa shape index (κ2) is 4.40. The fraction of sp³-hybridized carbons (Fsp3) is 0.562. The molecule has 4 heteroatoms. The van der Waals surface area contributed by atoms with Gasteiger partial charge in [0.05, 0.1) is 18.3 Å². The van der Waals surface area contributed by atoms with E-state index in [-0.39, 0.29) is 17.4 Å². The summed E-state index contributed by atoms with van der Waals surface area (Å²) in [5.74, 6) is 1.08. The van der Waals surface area contributed by atoms with Gasteiger partial charge in [-0.15, -0.1) is 0 Å². The number of amides is 1. The molecule has 0 aromatic heterocycles. The lowest BCUT2D eigenvalue weighted by Gasteiger charge is -2.44. The zero-order chi connectivity index (χ0) is 14.5. The highest BCUT2D eigenvalue weighted by atomic mass is 16.5. The SMILES string of the molecule is CN1CC2COc3cc(C(C)(C)C)ccc3N2CC1=O. The van der Waals surface area contributed by atoms with Crippen LogP contribution in [-0.4, -0.2) is 43.6 Å². The largest absolute Gasteiger partial charge is 0.489 e. The lowest BCUT2D eigenvalue weighted by atomic mass is 9.86. The number of anilines is 1. The van der Waals surface area contributed by atoms with Gasteiger partial charge in [0, 0.05) is 13.6 Å². The Morgan fingerprint density at radius 3 is 2.75 bits per heavy atom. The van der Waals surface area contributed by atoms with Crippen LogP contribution in [0.3, 0.4) is 0 Å². The number of nitrogens with zero attached hydrogens (tertiary/aromatic N) is 2. The van der Waals surface area contributed by atoms with E-state index in [0.717, 1.165) is 18.0 Å². The van der Waals surface area contributed by atoms with Gasteiger partial charge in [-0.3, -0.25) is 4.79 Å². The van der Waals surface area contributed by atoms with Gasteiger partial charge in [0.15, 0.2) is 0 Å². The predicted molar refractivity (Wildman–Crippen MR) is 79.4 cm³/mol. The molecule has 0 N–H and O–H groups in total. The Balaban J connectivity index is 1.95. The minimum Gasteiger partial charge on any atom is -0.489 e. The number of hydrogen-bond acceptors (Lipinski definition) is 3. The highest BCUT2D eigenvalue weighted by molar-refractivity contribution is 5.84. The van der Waals surface area contributed by atoms with Crippen molar-refractivity contribution in [1.29, 1.82) is 0 Å². The number of rotatable bonds is 0. The van der Waals surface area contributed by atoms with Crippen LogP contribution in [0.4, 0.5) is 5.69 Å². The van der Waals surface area contributed by atoms with Crippen molar-refractivity contribution in [1.82, 2.24) is 4.90 Å². The summed E-state index contributed by atoms with van der Waals surface area (Å²) in [7, 11) is 1.86. The first-order valence-electron chi connectivity index (χ1n) is 7.14. The Morgan fingerprint density at radius 1 is 1.30 bits per heavy atom. The number of benzene rings is 1. The summed E-state index contributed by atoms with van der Waals surface area (Å²) in [6.07, 6.45) is 0. The van der Waals surface area contributed by atoms with Crippen LogP contribution < -0.4 is 9.64 Å². The molecule has 0 saturated carbocycles. The smallest absolute Gasteiger partial charge is 0.241 e. The number of piperazine rings is 1. The molecule has 1 fully saturated rings. The molecule has 1 amide bonds. The molecule has 4 nitrogen and oxygen atoms in total. The van der Waals surface area contributed by atoms with Crippen molar-refractivity contribution in [2.45, 2.75) is 32.2 Å². The van der Waals surface area contributed by atoms with E-state index in [1.165, 1.54) is 5.56 Å². The van der Waals surface area contributed by atoms with E-state index >= 15 is 0 Å². The van der Waals surface area contributed by atoms with Gasteiger partial charge >= 0.3 is 0 Å². The lowest BCUT2D eigenvalue weighted by molar-refractivity contribution is -0.130. The minimum absolute atomic E-state index is 0.104. The van der Waals surface area contributed by atoms with E-state index < -0.39 is 0 Å². The summed E-state index contributed by atoms with van der Waals surface area (Å²) in [6, 6.07) is 6.63. The maximum atomic E-state index is 11.9. The number of carbonyl (C=O) groups is 1. The van der Waals surface area contributed by atoms with E-state index in [0.29, 0.717) is 13.2 Å². The first-order valence-corrected chi connectivity index (χ1v) is 7.14. The Labute approximate surface area is 120 Å². The molecule has 0 spiro atoms. The second-order valence-electron chi connectivity index (χ2n) is 6.80. The molecule has 2 aliphatic heterocycles. The van der Waals surface area contributed by atoms with Crippen molar-refractivity contribution >= 4 is 11.6 Å². The average molecular weight is 274 g/mol. The summed E-state index contributed by atoms with van der Waals surface area (Å²) in [5.41, 5.74) is 2.42. The Bertz CT molecular complexity index is 548. The van der Waals surface area contributed by atoms with Crippen LogP contribution in [0.2, 0.25) is 0 Å². The van der Waals surface area contributed by atoms with Gasteiger partial charge in [-0.2, -0.15) is 0 Å². The summed E-state index contributed by atoms with van der Waals surface area (Å²) in [4.78, 5) is 15.9. The summed E-state index contributed by atoms with van der Waals surface area (Å²) < 4.78 is 5.93. The molecule has 20 heavy (non-hydrogen) atoms. The molecule has 0 aliphatic carbocycles. The van der Waals surface area contributed by atoms with E-state index in [2.05, 4.69) is 43.9 Å². The molecule has 108 valence electrons. The van der Waals surface area contributed by atoms with Crippen molar-refractivity contribution in [3.05, 3.63) is 23.8 Å². The van der Waals surface area contributed by atoms with Gasteiger partial charge in [-0.25, -0.2) is 0 Å². The van der Waals surface area contributed by atoms with Gasteiger partial charge in [0.1, 0.15) is 12.4 Å². The van der Waals surface area contributed by atoms with Crippen molar-refractivity contribution in [2.75, 3.05) is 31.6 Å². The van der Waals surface area contributed by atoms with Crippen molar-refractivity contribution < 1.29 is 9.53 Å². The Kier molecular flexibility index (Phi) is 2.92. The maximum Gasteiger partial charge on any atom is 0.241 e. The van der Waals surface area contributed by atoms with Crippen molar-refractivity contribution in [2.24, 2.45) is 0 Å². The fourth-order valence-corrected chi connectivity index (χ4v) is 2.86. The molecule has 0 bridgehead atoms. The number of ether oxygens (including phenoxy) is 1. The summed E-state index contributed by atoms with van der Waals surface area (Å²) in [6.45, 7) is 8.42. The molecular formula is C16H22N2O2. The van der Waals surface area contributed by atoms with E-state index in [9.17, 15) is 4.79 Å². The van der Waals surface area contributed by atoms with Crippen molar-refractivity contribution in [3.63, 3.8) is 0 Å². The highest BCUT2D eigenvalue weighted by Crippen LogP contribution is 2.38. The first-order chi connectivity index (χ1) is 9.36. The van der Waals surface area contributed by atoms with Crippen LogP contribution in [-0.2, 0) is 10.2 Å². The standard InChI is InChI=1S/C16H22N2O2/c1-16(2,3)11-5-6-13-14(7-11)20-10-12-8-17(4)15(19)9-18(12)13/h5-7,12H,8-10H2,1-4H3. The molecule has 2 heterocycles. The molecular weight excluding hydrogens is 252 g/mol. The zero-order valence-electron chi connectivity index (χ0n) is 12.6. The van der Waals surface area contributed by atoms with E-state index in [1.807, 2.05) is 7.05 Å². The molecule has 1 atom stereocenters. The highest BCUT2D eigenvalue weighted by Gasteiger charge is 2.35. The van der Waals surface area contributed by atoms with E-state index in [1.54, 1.807) is 4.90 Å². The number of fused-ring (bicyclic) bond motifs is 3. The quantitative estimate of drug-likeness (QED) is 0.725. The van der Waals surface area contributed by atoms with Crippen LogP contribution in [0.15, 0.2) is 18.2 Å². The van der Waals surface area contributed by atoms with Gasteiger partial charge in [0.25, 0.3) is 0 Å². The molecule has 0 radical (unpaired) electrons. The molecule has 1 unspecified atom stereocenters. The Hall–Kier alpha value is -1.71. The second-order valence-corrected chi connectivity index (χ2v) is 6.80. The number of carbonyl (C=O) groups excluding carboxylic acids is 1. The minimum atomic E-state index is 0.104. The normalized spacial score (nSPS) is 22.2. The lowest BCUT2D eigenvalue weighted by Crippen LogP contribution is -2.58. The maximum absolute atomic E-state index is 11.9. The zero-order valence-corrected chi connectivity index (χ0v) is 12.6. The molecule has 1 saturated heterocycles. The molecule has 3 rings (SSSR count). The predicted octanol–water partition coefficient (Wildman–Crippen LogP) is 2.02. The summed E-state index contributed by atoms with van der Waals surface area (Å²) >= 11 is 0. The van der Waals surface area contributed by atoms with Gasteiger partial charge in [-0.05, 0) is 23.1 Å². The third kappa shape index (κ3) is 2.13. The topological polar surface area (TPSA) is 32.8 Å². The first kappa shape index (κ1) is 13.3. The van der Waals surface area contributed by atoms with Crippen molar-refractivity contribution in [3.8, 4) is 5.75 Å². The van der Waals surface area contributed by atoms with Crippen LogP contribution in [0.25, 0.3) is 0 Å². The number of likely N-dealkylation sites (N-methyl/N-ethyl adjacent to an activating group) is 1. The average Bonchev–Trinajstić information content (AvgIpc) is 2.38. The third-order valence-corrected chi connectivity index (χ3v) is 4.22. The van der Waals surface area contributed by atoms with Gasteiger partial charge < -0.3 is 14.5 Å². The van der Waals surface area contributed by atoms with Gasteiger partial charge in [0.2, 0.25) is 5.91 Å². The van der Waals surface area contributed by atoms with Crippen LogP contribution >= 0.6 is 0 Å².